The molecule has 1 aliphatic rings. The van der Waals surface area contributed by atoms with E-state index in [1.807, 2.05) is 0 Å². The lowest BCUT2D eigenvalue weighted by molar-refractivity contribution is -0.192. The van der Waals surface area contributed by atoms with E-state index in [0.717, 1.165) is 12.0 Å². The van der Waals surface area contributed by atoms with Gasteiger partial charge in [-0.25, -0.2) is 14.0 Å². The highest BCUT2D eigenvalue weighted by molar-refractivity contribution is 6.31. The monoisotopic (exact) mass is 647 g/mol. The van der Waals surface area contributed by atoms with Gasteiger partial charge in [-0.3, -0.25) is 9.59 Å². The van der Waals surface area contributed by atoms with Gasteiger partial charge in [0, 0.05) is 36.5 Å². The van der Waals surface area contributed by atoms with Gasteiger partial charge in [-0.2, -0.15) is 13.2 Å². The van der Waals surface area contributed by atoms with Gasteiger partial charge in [-0.1, -0.05) is 43.6 Å². The normalized spacial score (nSPS) is 16.0. The van der Waals surface area contributed by atoms with Crippen molar-refractivity contribution < 1.29 is 51.7 Å². The van der Waals surface area contributed by atoms with Crippen molar-refractivity contribution in [2.45, 2.75) is 70.4 Å². The van der Waals surface area contributed by atoms with E-state index in [9.17, 15) is 37.1 Å². The van der Waals surface area contributed by atoms with E-state index in [-0.39, 0.29) is 35.7 Å². The predicted molar refractivity (Wildman–Crippen MR) is 151 cm³/mol. The van der Waals surface area contributed by atoms with Crippen molar-refractivity contribution in [2.75, 3.05) is 6.54 Å². The smallest absolute Gasteiger partial charge is 0.478 e. The third-order valence-corrected chi connectivity index (χ3v) is 6.91. The van der Waals surface area contributed by atoms with Gasteiger partial charge >= 0.3 is 18.1 Å². The predicted octanol–water partition coefficient (Wildman–Crippen LogP) is 4.17. The lowest BCUT2D eigenvalue weighted by Gasteiger charge is -2.25. The summed E-state index contributed by atoms with van der Waals surface area (Å²) in [6.07, 6.45) is -4.38. The fraction of sp³-hybridized carbons (Fsp3) is 0.448. The maximum atomic E-state index is 13.3. The molecular weight excluding hydrogens is 614 g/mol. The Labute approximate surface area is 256 Å². The Morgan fingerprint density at radius 2 is 1.73 bits per heavy atom. The number of halogens is 5. The molecule has 10 nitrogen and oxygen atoms in total. The third kappa shape index (κ3) is 11.3. The maximum Gasteiger partial charge on any atom is 0.490 e. The Morgan fingerprint density at radius 1 is 1.11 bits per heavy atom. The van der Waals surface area contributed by atoms with Crippen molar-refractivity contribution in [3.05, 3.63) is 64.4 Å². The molecular formula is C29H34ClF4N3O7. The molecule has 0 radical (unpaired) electrons. The summed E-state index contributed by atoms with van der Waals surface area (Å²) in [4.78, 5) is 47.6. The molecule has 2 aromatic carbocycles. The first-order valence-corrected chi connectivity index (χ1v) is 13.9. The van der Waals surface area contributed by atoms with Crippen LogP contribution in [0.25, 0.3) is 0 Å². The molecule has 242 valence electrons. The van der Waals surface area contributed by atoms with E-state index in [1.165, 1.54) is 12.1 Å². The molecule has 1 unspecified atom stereocenters. The molecule has 1 fully saturated rings. The number of carboxylic acid groups (broad SMARTS) is 2. The van der Waals surface area contributed by atoms with E-state index >= 15 is 0 Å². The first-order chi connectivity index (χ1) is 20.5. The van der Waals surface area contributed by atoms with Crippen LogP contribution in [0.1, 0.15) is 44.2 Å². The number of carbonyl (C=O) groups excluding carboxylic acids is 2. The van der Waals surface area contributed by atoms with Crippen LogP contribution < -0.4 is 15.8 Å². The number of nitrogens with two attached hydrogens (primary N) is 1. The summed E-state index contributed by atoms with van der Waals surface area (Å²) in [5.74, 6) is -4.43. The zero-order valence-electron chi connectivity index (χ0n) is 23.9. The summed E-state index contributed by atoms with van der Waals surface area (Å²) < 4.78 is 50.6. The van der Waals surface area contributed by atoms with Gasteiger partial charge in [-0.15, -0.1) is 0 Å². The van der Waals surface area contributed by atoms with E-state index in [0.29, 0.717) is 30.7 Å². The van der Waals surface area contributed by atoms with Gasteiger partial charge in [0.05, 0.1) is 0 Å². The van der Waals surface area contributed by atoms with E-state index < -0.39 is 42.1 Å². The van der Waals surface area contributed by atoms with Gasteiger partial charge in [-0.05, 0) is 54.7 Å². The summed E-state index contributed by atoms with van der Waals surface area (Å²) in [7, 11) is 0. The Balaban J connectivity index is 0.000000860. The van der Waals surface area contributed by atoms with Crippen molar-refractivity contribution in [3.8, 4) is 5.75 Å². The van der Waals surface area contributed by atoms with Crippen LogP contribution in [-0.4, -0.2) is 69.8 Å². The number of ether oxygens (including phenoxy) is 1. The van der Waals surface area contributed by atoms with Crippen LogP contribution in [0, 0.1) is 11.7 Å². The molecule has 0 spiro atoms. The highest BCUT2D eigenvalue weighted by Gasteiger charge is 2.38. The third-order valence-electron chi connectivity index (χ3n) is 6.55. The topological polar surface area (TPSA) is 159 Å². The number of carboxylic acids is 2. The van der Waals surface area contributed by atoms with Crippen LogP contribution in [0.2, 0.25) is 5.02 Å². The number of hydrogen-bond acceptors (Lipinski definition) is 6. The molecule has 15 heteroatoms. The summed E-state index contributed by atoms with van der Waals surface area (Å²) in [5.41, 5.74) is 7.65. The van der Waals surface area contributed by atoms with Crippen molar-refractivity contribution in [3.63, 3.8) is 0 Å². The molecule has 3 rings (SSSR count). The Bertz CT molecular complexity index is 1310. The zero-order valence-corrected chi connectivity index (χ0v) is 24.7. The molecule has 0 aliphatic carbocycles. The number of nitrogens with zero attached hydrogens (tertiary/aromatic N) is 1. The highest BCUT2D eigenvalue weighted by atomic mass is 35.5. The Morgan fingerprint density at radius 3 is 2.25 bits per heavy atom. The first-order valence-electron chi connectivity index (χ1n) is 13.5. The number of amides is 2. The van der Waals surface area contributed by atoms with E-state index in [4.69, 9.17) is 32.0 Å². The second-order valence-corrected chi connectivity index (χ2v) is 10.8. The minimum absolute atomic E-state index is 0.0483. The summed E-state index contributed by atoms with van der Waals surface area (Å²) in [5, 5.41) is 19.5. The maximum absolute atomic E-state index is 13.3. The average molecular weight is 648 g/mol. The fourth-order valence-corrected chi connectivity index (χ4v) is 4.58. The van der Waals surface area contributed by atoms with Gasteiger partial charge in [0.15, 0.2) is 6.10 Å². The second kappa shape index (κ2) is 16.2. The van der Waals surface area contributed by atoms with E-state index in [1.54, 1.807) is 49.1 Å². The van der Waals surface area contributed by atoms with Crippen LogP contribution in [0.15, 0.2) is 42.5 Å². The number of alkyl halides is 3. The lowest BCUT2D eigenvalue weighted by atomic mass is 10.0. The minimum atomic E-state index is -5.08. The molecule has 0 aromatic heterocycles. The van der Waals surface area contributed by atoms with Crippen LogP contribution >= 0.6 is 11.6 Å². The largest absolute Gasteiger partial charge is 0.490 e. The Kier molecular flexibility index (Phi) is 13.4. The Hall–Kier alpha value is -3.91. The van der Waals surface area contributed by atoms with Crippen molar-refractivity contribution in [1.29, 1.82) is 0 Å². The number of aliphatic carboxylic acids is 2. The number of likely N-dealkylation sites (tertiary alicyclic amines) is 1. The number of benzene rings is 2. The van der Waals surface area contributed by atoms with Crippen LogP contribution in [-0.2, 0) is 32.1 Å². The average Bonchev–Trinajstić information content (AvgIpc) is 3.42. The molecule has 0 bridgehead atoms. The molecule has 0 saturated carbocycles. The lowest BCUT2D eigenvalue weighted by Crippen LogP contribution is -2.47. The molecule has 44 heavy (non-hydrogen) atoms. The summed E-state index contributed by atoms with van der Waals surface area (Å²) in [6.45, 7) is 4.28. The van der Waals surface area contributed by atoms with Gasteiger partial charge in [0.2, 0.25) is 11.8 Å². The zero-order chi connectivity index (χ0) is 33.2. The first kappa shape index (κ1) is 36.3. The van der Waals surface area contributed by atoms with Gasteiger partial charge in [0.25, 0.3) is 0 Å². The molecule has 1 heterocycles. The number of nitrogens with one attached hydrogen (secondary N) is 1. The number of hydrogen-bond donors (Lipinski definition) is 4. The highest BCUT2D eigenvalue weighted by Crippen LogP contribution is 2.22. The number of rotatable bonds is 11. The van der Waals surface area contributed by atoms with Gasteiger partial charge < -0.3 is 30.9 Å². The standard InChI is InChI=1S/C27H33ClFN3O5.C2HF3O2/c1-16(2)25(27(35)36)37-21-9-5-17(6-10-21)15-31-26(34)23-4-3-11-32(23)24(33)14-20(30)12-18-7-8-19(29)13-22(18)28;3-2(4,5)1(6)7/h5-10,13,16,20,23,25H,3-4,11-12,14-15,30H2,1-2H3,(H,31,34)(H,35,36);(H,6,7)/t20?,23-,25+;/m0./s1. The molecule has 2 aromatic rings. The molecule has 1 saturated heterocycles. The van der Waals surface area contributed by atoms with Crippen molar-refractivity contribution in [2.24, 2.45) is 11.7 Å². The second-order valence-electron chi connectivity index (χ2n) is 10.4. The van der Waals surface area contributed by atoms with E-state index in [2.05, 4.69) is 5.32 Å². The van der Waals surface area contributed by atoms with Crippen LogP contribution in [0.3, 0.4) is 0 Å². The SMILES string of the molecule is CC(C)[C@@H](Oc1ccc(CNC(=O)[C@@H]2CCCN2C(=O)CC(N)Cc2ccc(F)cc2Cl)cc1)C(=O)O.O=C(O)C(F)(F)F. The minimum Gasteiger partial charge on any atom is -0.478 e. The molecule has 1 aliphatic heterocycles. The summed E-state index contributed by atoms with van der Waals surface area (Å²) in [6, 6.07) is 9.83. The van der Waals surface area contributed by atoms with Crippen molar-refractivity contribution in [1.82, 2.24) is 10.2 Å². The van der Waals surface area contributed by atoms with Crippen LogP contribution in [0.5, 0.6) is 5.75 Å². The summed E-state index contributed by atoms with van der Waals surface area (Å²) >= 11 is 6.07. The quantitative estimate of drug-likeness (QED) is 0.265. The van der Waals surface area contributed by atoms with Crippen molar-refractivity contribution >= 4 is 35.4 Å². The van der Waals surface area contributed by atoms with Crippen LogP contribution in [0.4, 0.5) is 17.6 Å². The molecule has 2 amide bonds. The molecule has 5 N–H and O–H groups in total. The fourth-order valence-electron chi connectivity index (χ4n) is 4.33. The van der Waals surface area contributed by atoms with Gasteiger partial charge in [0.1, 0.15) is 17.6 Å². The number of carbonyl (C=O) groups is 4. The molecule has 3 atom stereocenters.